The molecule has 0 radical (unpaired) electrons. The molecule has 0 fully saturated rings. The predicted molar refractivity (Wildman–Crippen MR) is 65.1 cm³/mol. The summed E-state index contributed by atoms with van der Waals surface area (Å²) in [5.41, 5.74) is 6.97. The smallest absolute Gasteiger partial charge is 0.0995 e. The van der Waals surface area contributed by atoms with Crippen molar-refractivity contribution in [2.45, 2.75) is 33.1 Å². The Morgan fingerprint density at radius 1 is 1.25 bits per heavy atom. The van der Waals surface area contributed by atoms with Crippen LogP contribution in [0.1, 0.15) is 29.3 Å². The largest absolute Gasteiger partial charge is 0.306 e. The highest BCUT2D eigenvalue weighted by molar-refractivity contribution is 5.54. The van der Waals surface area contributed by atoms with Crippen LogP contribution in [-0.4, -0.2) is 9.55 Å². The molecule has 1 aromatic heterocycles. The van der Waals surface area contributed by atoms with E-state index < -0.39 is 0 Å². The molecule has 1 aliphatic rings. The molecule has 0 spiro atoms. The van der Waals surface area contributed by atoms with Crippen LogP contribution in [0.3, 0.4) is 0 Å². The minimum absolute atomic E-state index is 1.00. The third-order valence-corrected chi connectivity index (χ3v) is 3.54. The van der Waals surface area contributed by atoms with Crippen molar-refractivity contribution in [2.24, 2.45) is 0 Å². The summed E-state index contributed by atoms with van der Waals surface area (Å²) >= 11 is 0. The van der Waals surface area contributed by atoms with Crippen LogP contribution in [0.5, 0.6) is 0 Å². The molecule has 2 aromatic rings. The molecule has 16 heavy (non-hydrogen) atoms. The molecule has 1 heterocycles. The molecule has 82 valence electrons. The Hall–Kier alpha value is -1.57. The van der Waals surface area contributed by atoms with Gasteiger partial charge in [0.05, 0.1) is 12.0 Å². The molecular formula is C14H16N2. The van der Waals surface area contributed by atoms with E-state index >= 15 is 0 Å². The lowest BCUT2D eigenvalue weighted by Crippen LogP contribution is -2.14. The van der Waals surface area contributed by atoms with Crippen molar-refractivity contribution in [3.8, 4) is 5.69 Å². The molecule has 1 aromatic carbocycles. The molecule has 0 amide bonds. The van der Waals surface area contributed by atoms with E-state index in [2.05, 4.69) is 41.7 Å². The zero-order valence-corrected chi connectivity index (χ0v) is 9.83. The number of hydrogen-bond acceptors (Lipinski definition) is 1. The molecule has 2 heteroatoms. The van der Waals surface area contributed by atoms with Gasteiger partial charge < -0.3 is 4.57 Å². The van der Waals surface area contributed by atoms with Crippen molar-refractivity contribution >= 4 is 0 Å². The Morgan fingerprint density at radius 3 is 2.69 bits per heavy atom. The van der Waals surface area contributed by atoms with E-state index in [1.165, 1.54) is 29.7 Å². The first-order chi connectivity index (χ1) is 7.79. The minimum Gasteiger partial charge on any atom is -0.306 e. The standard InChI is InChI=1S/C14H16N2/c1-3-11-8-16(9-15-11)14-7-4-10(2)12-5-6-13(12)14/h4,7-9H,3,5-6H2,1-2H3. The van der Waals surface area contributed by atoms with Gasteiger partial charge in [-0.2, -0.15) is 0 Å². The van der Waals surface area contributed by atoms with E-state index in [0.29, 0.717) is 0 Å². The second kappa shape index (κ2) is 3.48. The summed E-state index contributed by atoms with van der Waals surface area (Å²) in [6, 6.07) is 4.44. The van der Waals surface area contributed by atoms with E-state index in [0.717, 1.165) is 12.1 Å². The lowest BCUT2D eigenvalue weighted by Gasteiger charge is -2.24. The topological polar surface area (TPSA) is 17.8 Å². The van der Waals surface area contributed by atoms with E-state index in [1.54, 1.807) is 5.56 Å². The Balaban J connectivity index is 2.10. The molecule has 0 saturated carbocycles. The van der Waals surface area contributed by atoms with Gasteiger partial charge in [0.1, 0.15) is 0 Å². The van der Waals surface area contributed by atoms with E-state index in [1.807, 2.05) is 6.33 Å². The second-order valence-corrected chi connectivity index (χ2v) is 4.48. The second-order valence-electron chi connectivity index (χ2n) is 4.48. The number of rotatable bonds is 2. The van der Waals surface area contributed by atoms with Crippen molar-refractivity contribution in [1.29, 1.82) is 0 Å². The van der Waals surface area contributed by atoms with Crippen LogP contribution < -0.4 is 0 Å². The summed E-state index contributed by atoms with van der Waals surface area (Å²) in [7, 11) is 0. The van der Waals surface area contributed by atoms with Crippen molar-refractivity contribution in [3.63, 3.8) is 0 Å². The maximum atomic E-state index is 4.39. The fourth-order valence-electron chi connectivity index (χ4n) is 2.42. The molecule has 3 rings (SSSR count). The van der Waals surface area contributed by atoms with Gasteiger partial charge in [0, 0.05) is 11.9 Å². The summed E-state index contributed by atoms with van der Waals surface area (Å²) in [6.45, 7) is 4.34. The predicted octanol–water partition coefficient (Wildman–Crippen LogP) is 2.84. The lowest BCUT2D eigenvalue weighted by molar-refractivity contribution is 0.807. The average molecular weight is 212 g/mol. The summed E-state index contributed by atoms with van der Waals surface area (Å²) in [5, 5.41) is 0. The van der Waals surface area contributed by atoms with Crippen LogP contribution in [0.25, 0.3) is 5.69 Å². The van der Waals surface area contributed by atoms with Crippen LogP contribution in [0.2, 0.25) is 0 Å². The fraction of sp³-hybridized carbons (Fsp3) is 0.357. The van der Waals surface area contributed by atoms with Crippen molar-refractivity contribution < 1.29 is 0 Å². The van der Waals surface area contributed by atoms with Crippen molar-refractivity contribution in [1.82, 2.24) is 9.55 Å². The van der Waals surface area contributed by atoms with Gasteiger partial charge in [0.25, 0.3) is 0 Å². The van der Waals surface area contributed by atoms with Gasteiger partial charge in [-0.15, -0.1) is 0 Å². The number of imidazole rings is 1. The molecule has 2 nitrogen and oxygen atoms in total. The van der Waals surface area contributed by atoms with Gasteiger partial charge in [-0.3, -0.25) is 0 Å². The number of aromatic nitrogens is 2. The van der Waals surface area contributed by atoms with Gasteiger partial charge in [0.2, 0.25) is 0 Å². The highest BCUT2D eigenvalue weighted by atomic mass is 15.0. The number of fused-ring (bicyclic) bond motifs is 1. The number of benzene rings is 1. The van der Waals surface area contributed by atoms with E-state index in [-0.39, 0.29) is 0 Å². The summed E-state index contributed by atoms with van der Waals surface area (Å²) < 4.78 is 2.16. The quantitative estimate of drug-likeness (QED) is 0.748. The Labute approximate surface area is 95.9 Å². The first-order valence-electron chi connectivity index (χ1n) is 5.94. The van der Waals surface area contributed by atoms with Gasteiger partial charge in [-0.1, -0.05) is 13.0 Å². The first kappa shape index (κ1) is 9.64. The summed E-state index contributed by atoms with van der Waals surface area (Å²) in [6.07, 6.45) is 7.53. The van der Waals surface area contributed by atoms with Gasteiger partial charge >= 0.3 is 0 Å². The van der Waals surface area contributed by atoms with Crippen molar-refractivity contribution in [2.75, 3.05) is 0 Å². The summed E-state index contributed by atoms with van der Waals surface area (Å²) in [4.78, 5) is 4.39. The number of aryl methyl sites for hydroxylation is 2. The van der Waals surface area contributed by atoms with Gasteiger partial charge in [0.15, 0.2) is 0 Å². The van der Waals surface area contributed by atoms with E-state index in [4.69, 9.17) is 0 Å². The zero-order valence-electron chi connectivity index (χ0n) is 9.83. The highest BCUT2D eigenvalue weighted by Gasteiger charge is 2.19. The summed E-state index contributed by atoms with van der Waals surface area (Å²) in [5.74, 6) is 0. The average Bonchev–Trinajstić information content (AvgIpc) is 2.69. The molecule has 0 unspecified atom stereocenters. The van der Waals surface area contributed by atoms with Crippen LogP contribution in [0, 0.1) is 6.92 Å². The zero-order chi connectivity index (χ0) is 11.1. The van der Waals surface area contributed by atoms with Crippen molar-refractivity contribution in [3.05, 3.63) is 47.0 Å². The highest BCUT2D eigenvalue weighted by Crippen LogP contribution is 2.31. The number of hydrogen-bond donors (Lipinski definition) is 0. The lowest BCUT2D eigenvalue weighted by atomic mass is 9.84. The molecule has 0 N–H and O–H groups in total. The fourth-order valence-corrected chi connectivity index (χ4v) is 2.42. The molecule has 1 aliphatic carbocycles. The van der Waals surface area contributed by atoms with Crippen LogP contribution in [0.15, 0.2) is 24.7 Å². The maximum Gasteiger partial charge on any atom is 0.0995 e. The van der Waals surface area contributed by atoms with Crippen LogP contribution in [-0.2, 0) is 19.3 Å². The number of nitrogens with zero attached hydrogens (tertiary/aromatic N) is 2. The molecule has 0 bridgehead atoms. The molecule has 0 atom stereocenters. The SMILES string of the molecule is CCc1cn(-c2ccc(C)c3c2CC3)cn1. The molecule has 0 saturated heterocycles. The Bertz CT molecular complexity index is 538. The normalized spacial score (nSPS) is 13.4. The third-order valence-electron chi connectivity index (χ3n) is 3.54. The Kier molecular flexibility index (Phi) is 2.10. The monoisotopic (exact) mass is 212 g/mol. The van der Waals surface area contributed by atoms with Gasteiger partial charge in [-0.05, 0) is 48.9 Å². The minimum atomic E-state index is 1.00. The van der Waals surface area contributed by atoms with Crippen LogP contribution in [0.4, 0.5) is 0 Å². The van der Waals surface area contributed by atoms with Crippen LogP contribution >= 0.6 is 0 Å². The first-order valence-corrected chi connectivity index (χ1v) is 5.94. The maximum absolute atomic E-state index is 4.39. The van der Waals surface area contributed by atoms with Gasteiger partial charge in [-0.25, -0.2) is 4.98 Å². The Morgan fingerprint density at radius 2 is 2.06 bits per heavy atom. The molecular weight excluding hydrogens is 196 g/mol. The van der Waals surface area contributed by atoms with E-state index in [9.17, 15) is 0 Å². The third kappa shape index (κ3) is 1.29. The molecule has 0 aliphatic heterocycles.